The Hall–Kier alpha value is -2.69. The lowest BCUT2D eigenvalue weighted by Crippen LogP contribution is -2.15. The van der Waals surface area contributed by atoms with Gasteiger partial charge in [-0.1, -0.05) is 25.5 Å². The zero-order valence-electron chi connectivity index (χ0n) is 16.2. The molecule has 3 rings (SSSR count). The lowest BCUT2D eigenvalue weighted by molar-refractivity contribution is -0.117. The number of hydrogen-bond acceptors (Lipinski definition) is 4. The van der Waals surface area contributed by atoms with Gasteiger partial charge in [-0.25, -0.2) is 0 Å². The Morgan fingerprint density at radius 1 is 1.11 bits per heavy atom. The molecule has 1 aliphatic rings. The minimum Gasteiger partial charge on any atom is -0.497 e. The number of anilines is 1. The van der Waals surface area contributed by atoms with Gasteiger partial charge in [-0.3, -0.25) is 4.79 Å². The van der Waals surface area contributed by atoms with Gasteiger partial charge in [0, 0.05) is 12.0 Å². The monoisotopic (exact) mass is 369 g/mol. The van der Waals surface area contributed by atoms with Gasteiger partial charge in [-0.2, -0.15) is 0 Å². The number of carbonyl (C=O) groups is 1. The highest BCUT2D eigenvalue weighted by Gasteiger charge is 2.44. The molecule has 0 heterocycles. The Morgan fingerprint density at radius 3 is 2.63 bits per heavy atom. The minimum absolute atomic E-state index is 0.0106. The Labute approximate surface area is 160 Å². The van der Waals surface area contributed by atoms with Gasteiger partial charge in [0.1, 0.15) is 17.2 Å². The van der Waals surface area contributed by atoms with Crippen LogP contribution in [0.25, 0.3) is 0 Å². The molecule has 1 fully saturated rings. The van der Waals surface area contributed by atoms with Gasteiger partial charge in [-0.15, -0.1) is 0 Å². The summed E-state index contributed by atoms with van der Waals surface area (Å²) in [7, 11) is 3.26. The van der Waals surface area contributed by atoms with E-state index in [1.807, 2.05) is 42.5 Å². The molecular weight excluding hydrogens is 342 g/mol. The molecule has 0 saturated heterocycles. The maximum absolute atomic E-state index is 12.8. The molecule has 0 radical (unpaired) electrons. The Bertz CT molecular complexity index is 790. The third-order valence-electron chi connectivity index (χ3n) is 4.85. The number of nitrogens with one attached hydrogen (secondary N) is 1. The van der Waals surface area contributed by atoms with Crippen LogP contribution in [0.2, 0.25) is 0 Å². The van der Waals surface area contributed by atoms with Crippen LogP contribution in [0, 0.1) is 5.92 Å². The quantitative estimate of drug-likeness (QED) is 0.655. The van der Waals surface area contributed by atoms with Crippen molar-refractivity contribution >= 4 is 11.6 Å². The smallest absolute Gasteiger partial charge is 0.228 e. The highest BCUT2D eigenvalue weighted by atomic mass is 16.5. The molecule has 1 N–H and O–H groups in total. The predicted molar refractivity (Wildman–Crippen MR) is 106 cm³/mol. The van der Waals surface area contributed by atoms with E-state index >= 15 is 0 Å². The minimum atomic E-state index is -0.0354. The highest BCUT2D eigenvalue weighted by molar-refractivity contribution is 5.96. The summed E-state index contributed by atoms with van der Waals surface area (Å²) in [6.45, 7) is 2.74. The number of rotatable bonds is 9. The third kappa shape index (κ3) is 4.73. The van der Waals surface area contributed by atoms with Gasteiger partial charge < -0.3 is 19.5 Å². The number of amides is 1. The second-order valence-corrected chi connectivity index (χ2v) is 6.78. The van der Waals surface area contributed by atoms with Crippen LogP contribution in [0.3, 0.4) is 0 Å². The molecular formula is C22H27NO4. The van der Waals surface area contributed by atoms with E-state index in [1.165, 1.54) is 0 Å². The summed E-state index contributed by atoms with van der Waals surface area (Å²) in [5.74, 6) is 2.39. The number of carbonyl (C=O) groups excluding carboxylic acids is 1. The van der Waals surface area contributed by atoms with E-state index in [0.29, 0.717) is 23.8 Å². The van der Waals surface area contributed by atoms with Crippen molar-refractivity contribution in [2.24, 2.45) is 5.92 Å². The van der Waals surface area contributed by atoms with E-state index in [9.17, 15) is 4.79 Å². The molecule has 0 spiro atoms. The molecule has 0 aliphatic heterocycles. The molecule has 2 atom stereocenters. The first-order valence-corrected chi connectivity index (χ1v) is 9.42. The van der Waals surface area contributed by atoms with Crippen molar-refractivity contribution in [3.8, 4) is 17.2 Å². The van der Waals surface area contributed by atoms with Gasteiger partial charge in [0.2, 0.25) is 5.91 Å². The molecule has 1 amide bonds. The Kier molecular flexibility index (Phi) is 6.22. The van der Waals surface area contributed by atoms with Gasteiger partial charge in [-0.05, 0) is 48.6 Å². The van der Waals surface area contributed by atoms with Crippen molar-refractivity contribution < 1.29 is 19.0 Å². The zero-order chi connectivity index (χ0) is 19.2. The van der Waals surface area contributed by atoms with Gasteiger partial charge in [0.05, 0.1) is 26.5 Å². The van der Waals surface area contributed by atoms with Crippen LogP contribution in [0.15, 0.2) is 42.5 Å². The molecule has 0 bridgehead atoms. The second-order valence-electron chi connectivity index (χ2n) is 6.78. The Morgan fingerprint density at radius 2 is 1.89 bits per heavy atom. The summed E-state index contributed by atoms with van der Waals surface area (Å²) in [6.07, 6.45) is 2.87. The molecule has 27 heavy (non-hydrogen) atoms. The van der Waals surface area contributed by atoms with E-state index in [-0.39, 0.29) is 17.7 Å². The van der Waals surface area contributed by atoms with Crippen LogP contribution >= 0.6 is 0 Å². The molecule has 1 aliphatic carbocycles. The fraction of sp³-hybridized carbons (Fsp3) is 0.409. The average molecular weight is 369 g/mol. The number of methoxy groups -OCH3 is 2. The van der Waals surface area contributed by atoms with Crippen molar-refractivity contribution in [3.63, 3.8) is 0 Å². The van der Waals surface area contributed by atoms with Gasteiger partial charge in [0.25, 0.3) is 0 Å². The van der Waals surface area contributed by atoms with Crippen molar-refractivity contribution in [2.45, 2.75) is 32.1 Å². The lowest BCUT2D eigenvalue weighted by atomic mass is 10.1. The first-order valence-electron chi connectivity index (χ1n) is 9.42. The summed E-state index contributed by atoms with van der Waals surface area (Å²) in [5, 5.41) is 3.03. The van der Waals surface area contributed by atoms with Crippen molar-refractivity contribution in [2.75, 3.05) is 26.1 Å². The number of unbranched alkanes of at least 4 members (excludes halogenated alkanes) is 1. The van der Waals surface area contributed by atoms with E-state index in [1.54, 1.807) is 14.2 Å². The van der Waals surface area contributed by atoms with Gasteiger partial charge >= 0.3 is 0 Å². The summed E-state index contributed by atoms with van der Waals surface area (Å²) in [5.41, 5.74) is 1.80. The fourth-order valence-electron chi connectivity index (χ4n) is 3.14. The van der Waals surface area contributed by atoms with E-state index < -0.39 is 0 Å². The molecule has 1 saturated carbocycles. The van der Waals surface area contributed by atoms with E-state index in [2.05, 4.69) is 12.2 Å². The molecule has 5 heteroatoms. The van der Waals surface area contributed by atoms with Gasteiger partial charge in [0.15, 0.2) is 0 Å². The van der Waals surface area contributed by atoms with Crippen LogP contribution < -0.4 is 19.5 Å². The van der Waals surface area contributed by atoms with Crippen molar-refractivity contribution in [1.29, 1.82) is 0 Å². The lowest BCUT2D eigenvalue weighted by Gasteiger charge is -2.14. The maximum atomic E-state index is 12.8. The van der Waals surface area contributed by atoms with Crippen molar-refractivity contribution in [1.82, 2.24) is 0 Å². The van der Waals surface area contributed by atoms with Crippen LogP contribution in [0.1, 0.15) is 37.7 Å². The fourth-order valence-corrected chi connectivity index (χ4v) is 3.14. The molecule has 0 aromatic heterocycles. The van der Waals surface area contributed by atoms with Crippen LogP contribution in [0.5, 0.6) is 17.2 Å². The van der Waals surface area contributed by atoms with Crippen molar-refractivity contribution in [3.05, 3.63) is 48.0 Å². The number of benzene rings is 2. The standard InChI is InChI=1S/C22H27NO4/c1-4-5-11-27-21-10-9-17(26-3)13-20(21)23-22(24)19-14-18(19)15-7-6-8-16(12-15)25-2/h6-10,12-13,18-19H,4-5,11,14H2,1-3H3,(H,23,24). The SMILES string of the molecule is CCCCOc1ccc(OC)cc1NC(=O)C1CC1c1cccc(OC)c1. The first-order chi connectivity index (χ1) is 13.2. The van der Waals surface area contributed by atoms with E-state index in [4.69, 9.17) is 14.2 Å². The predicted octanol–water partition coefficient (Wildman–Crippen LogP) is 4.62. The van der Waals surface area contributed by atoms with E-state index in [0.717, 1.165) is 30.6 Å². The summed E-state index contributed by atoms with van der Waals surface area (Å²) < 4.78 is 16.4. The summed E-state index contributed by atoms with van der Waals surface area (Å²) in [6, 6.07) is 13.4. The van der Waals surface area contributed by atoms with Crippen LogP contribution in [-0.4, -0.2) is 26.7 Å². The molecule has 5 nitrogen and oxygen atoms in total. The molecule has 2 aromatic rings. The third-order valence-corrected chi connectivity index (χ3v) is 4.85. The first kappa shape index (κ1) is 19.1. The highest BCUT2D eigenvalue weighted by Crippen LogP contribution is 2.49. The average Bonchev–Trinajstić information content (AvgIpc) is 3.50. The maximum Gasteiger partial charge on any atom is 0.228 e. The zero-order valence-corrected chi connectivity index (χ0v) is 16.2. The largest absolute Gasteiger partial charge is 0.497 e. The summed E-state index contributed by atoms with van der Waals surface area (Å²) in [4.78, 5) is 12.8. The Balaban J connectivity index is 1.68. The number of hydrogen-bond donors (Lipinski definition) is 1. The molecule has 2 unspecified atom stereocenters. The molecule has 2 aromatic carbocycles. The normalized spacial score (nSPS) is 17.9. The topological polar surface area (TPSA) is 56.8 Å². The second kappa shape index (κ2) is 8.80. The van der Waals surface area contributed by atoms with Crippen LogP contribution in [0.4, 0.5) is 5.69 Å². The van der Waals surface area contributed by atoms with Crippen LogP contribution in [-0.2, 0) is 4.79 Å². The molecule has 144 valence electrons. The summed E-state index contributed by atoms with van der Waals surface area (Å²) >= 11 is 0. The number of ether oxygens (including phenoxy) is 3.